The van der Waals surface area contributed by atoms with E-state index in [0.717, 1.165) is 49.7 Å². The zero-order valence-corrected chi connectivity index (χ0v) is 36.6. The van der Waals surface area contributed by atoms with E-state index in [0.29, 0.717) is 23.0 Å². The number of hydrogen-bond donors (Lipinski definition) is 0. The van der Waals surface area contributed by atoms with Crippen LogP contribution in [0.3, 0.4) is 0 Å². The molecule has 0 aliphatic rings. The van der Waals surface area contributed by atoms with Gasteiger partial charge in [-0.2, -0.15) is 0 Å². The standard InChI is InChI=1S/2C22H30O4S.Ca/c2*1-2-3-4-5-6-7-8-10-13-19-16-17-21(27(23,24)25)18-22(19)26-20-14-11-9-12-15-20;/h2*9,11-12,14-18H,2-8,10,13H2,1H3,(H,23,24,25);/q;;+2/p-2. The summed E-state index contributed by atoms with van der Waals surface area (Å²) in [5, 5.41) is 0. The van der Waals surface area contributed by atoms with Gasteiger partial charge < -0.3 is 18.6 Å². The van der Waals surface area contributed by atoms with Crippen LogP contribution in [0.15, 0.2) is 107 Å². The molecule has 4 aromatic rings. The van der Waals surface area contributed by atoms with Gasteiger partial charge in [0.15, 0.2) is 0 Å². The van der Waals surface area contributed by atoms with E-state index < -0.39 is 20.2 Å². The summed E-state index contributed by atoms with van der Waals surface area (Å²) in [6, 6.07) is 27.2. The minimum atomic E-state index is -4.50. The van der Waals surface area contributed by atoms with Crippen LogP contribution in [-0.2, 0) is 33.1 Å². The van der Waals surface area contributed by atoms with Crippen molar-refractivity contribution in [3.8, 4) is 23.0 Å². The zero-order chi connectivity index (χ0) is 39.1. The Morgan fingerprint density at radius 1 is 0.436 bits per heavy atom. The molecule has 0 saturated heterocycles. The summed E-state index contributed by atoms with van der Waals surface area (Å²) in [4.78, 5) is -0.513. The van der Waals surface area contributed by atoms with E-state index in [1.165, 1.54) is 101 Å². The maximum Gasteiger partial charge on any atom is 2.00 e. The predicted molar refractivity (Wildman–Crippen MR) is 220 cm³/mol. The molecule has 11 heteroatoms. The fraction of sp³-hybridized carbons (Fsp3) is 0.455. The summed E-state index contributed by atoms with van der Waals surface area (Å²) >= 11 is 0. The van der Waals surface area contributed by atoms with Crippen molar-refractivity contribution < 1.29 is 35.4 Å². The Hall–Kier alpha value is -2.44. The Labute approximate surface area is 361 Å². The molecule has 4 aromatic carbocycles. The van der Waals surface area contributed by atoms with Gasteiger partial charge in [0, 0.05) is 0 Å². The summed E-state index contributed by atoms with van der Waals surface area (Å²) < 4.78 is 79.8. The molecular weight excluding hydrogens is 761 g/mol. The van der Waals surface area contributed by atoms with Crippen LogP contribution in [0, 0.1) is 0 Å². The van der Waals surface area contributed by atoms with Crippen LogP contribution in [0.2, 0.25) is 0 Å². The smallest absolute Gasteiger partial charge is 0.744 e. The molecule has 55 heavy (non-hydrogen) atoms. The molecule has 0 atom stereocenters. The second kappa shape index (κ2) is 27.2. The quantitative estimate of drug-likeness (QED) is 0.0388. The number of para-hydroxylation sites is 2. The number of benzene rings is 4. The fourth-order valence-electron chi connectivity index (χ4n) is 6.11. The number of unbranched alkanes of at least 4 members (excludes halogenated alkanes) is 14. The average Bonchev–Trinajstić information content (AvgIpc) is 3.15. The first-order chi connectivity index (χ1) is 26.0. The Bertz CT molecular complexity index is 1710. The van der Waals surface area contributed by atoms with Gasteiger partial charge in [-0.1, -0.05) is 152 Å². The number of rotatable bonds is 24. The summed E-state index contributed by atoms with van der Waals surface area (Å²) in [5.41, 5.74) is 1.86. The maximum absolute atomic E-state index is 11.3. The van der Waals surface area contributed by atoms with Crippen molar-refractivity contribution in [2.24, 2.45) is 0 Å². The van der Waals surface area contributed by atoms with E-state index >= 15 is 0 Å². The van der Waals surface area contributed by atoms with E-state index in [1.807, 2.05) is 36.4 Å². The summed E-state index contributed by atoms with van der Waals surface area (Å²) in [6.45, 7) is 4.44. The number of hydrogen-bond acceptors (Lipinski definition) is 8. The second-order valence-electron chi connectivity index (χ2n) is 13.7. The van der Waals surface area contributed by atoms with Crippen LogP contribution in [0.1, 0.15) is 128 Å². The molecule has 0 radical (unpaired) electrons. The third-order valence-electron chi connectivity index (χ3n) is 9.20. The Balaban J connectivity index is 0.000000373. The van der Waals surface area contributed by atoms with Crippen molar-refractivity contribution >= 4 is 58.0 Å². The molecule has 296 valence electrons. The molecular formula is C44H58CaO8S2. The number of aryl methyl sites for hydroxylation is 2. The largest absolute Gasteiger partial charge is 2.00 e. The molecule has 0 saturated carbocycles. The van der Waals surface area contributed by atoms with Crippen molar-refractivity contribution in [2.75, 3.05) is 0 Å². The van der Waals surface area contributed by atoms with E-state index in [2.05, 4.69) is 13.8 Å². The van der Waals surface area contributed by atoms with Crippen molar-refractivity contribution in [3.63, 3.8) is 0 Å². The SMILES string of the molecule is CCCCCCCCCCc1ccc(S(=O)(=O)[O-])cc1Oc1ccccc1.CCCCCCCCCCc1ccc(S(=O)(=O)[O-])cc1Oc1ccccc1.[Ca+2]. The van der Waals surface area contributed by atoms with Crippen molar-refractivity contribution in [3.05, 3.63) is 108 Å². The Morgan fingerprint density at radius 2 is 0.745 bits per heavy atom. The Kier molecular flexibility index (Phi) is 24.1. The third kappa shape index (κ3) is 20.0. The second-order valence-corrected chi connectivity index (χ2v) is 16.5. The minimum Gasteiger partial charge on any atom is -0.744 e. The topological polar surface area (TPSA) is 133 Å². The van der Waals surface area contributed by atoms with Gasteiger partial charge in [-0.05, 0) is 85.3 Å². The number of ether oxygens (including phenoxy) is 2. The van der Waals surface area contributed by atoms with Crippen LogP contribution >= 0.6 is 0 Å². The van der Waals surface area contributed by atoms with E-state index in [4.69, 9.17) is 9.47 Å². The van der Waals surface area contributed by atoms with Gasteiger partial charge in [0.25, 0.3) is 0 Å². The van der Waals surface area contributed by atoms with Gasteiger partial charge in [-0.15, -0.1) is 0 Å². The monoisotopic (exact) mass is 818 g/mol. The van der Waals surface area contributed by atoms with Gasteiger partial charge in [-0.25, -0.2) is 16.8 Å². The average molecular weight is 819 g/mol. The van der Waals surface area contributed by atoms with Crippen molar-refractivity contribution in [1.82, 2.24) is 0 Å². The van der Waals surface area contributed by atoms with Crippen LogP contribution in [0.25, 0.3) is 0 Å². The first kappa shape index (κ1) is 48.7. The molecule has 0 heterocycles. The molecule has 0 amide bonds. The van der Waals surface area contributed by atoms with Gasteiger partial charge >= 0.3 is 37.7 Å². The van der Waals surface area contributed by atoms with Gasteiger partial charge in [-0.3, -0.25) is 0 Å². The van der Waals surface area contributed by atoms with Gasteiger partial charge in [0.05, 0.1) is 9.79 Å². The summed E-state index contributed by atoms with van der Waals surface area (Å²) in [7, 11) is -9.01. The van der Waals surface area contributed by atoms with Crippen molar-refractivity contribution in [2.45, 2.75) is 139 Å². The van der Waals surface area contributed by atoms with Crippen LogP contribution in [-0.4, -0.2) is 63.7 Å². The molecule has 8 nitrogen and oxygen atoms in total. The van der Waals surface area contributed by atoms with Gasteiger partial charge in [0.1, 0.15) is 43.2 Å². The molecule has 0 aromatic heterocycles. The van der Waals surface area contributed by atoms with Crippen molar-refractivity contribution in [1.29, 1.82) is 0 Å². The van der Waals surface area contributed by atoms with Crippen LogP contribution < -0.4 is 9.47 Å². The summed E-state index contributed by atoms with van der Waals surface area (Å²) in [5.74, 6) is 2.13. The maximum atomic E-state index is 11.3. The van der Waals surface area contributed by atoms with Gasteiger partial charge in [0.2, 0.25) is 0 Å². The van der Waals surface area contributed by atoms with E-state index in [1.54, 1.807) is 36.4 Å². The fourth-order valence-corrected chi connectivity index (χ4v) is 7.09. The first-order valence-electron chi connectivity index (χ1n) is 19.6. The van der Waals surface area contributed by atoms with E-state index in [-0.39, 0.29) is 47.5 Å². The summed E-state index contributed by atoms with van der Waals surface area (Å²) in [6.07, 6.45) is 21.3. The molecule has 0 spiro atoms. The molecule has 4 rings (SSSR count). The molecule has 0 fully saturated rings. The Morgan fingerprint density at radius 3 is 1.05 bits per heavy atom. The van der Waals surface area contributed by atoms with Crippen LogP contribution in [0.5, 0.6) is 23.0 Å². The normalized spacial score (nSPS) is 11.3. The predicted octanol–water partition coefficient (Wildman–Crippen LogP) is 11.8. The zero-order valence-electron chi connectivity index (χ0n) is 32.8. The molecule has 0 unspecified atom stereocenters. The van der Waals surface area contributed by atoms with E-state index in [9.17, 15) is 25.9 Å². The molecule has 0 N–H and O–H groups in total. The molecule has 0 aliphatic carbocycles. The third-order valence-corrected chi connectivity index (χ3v) is 10.9. The first-order valence-corrected chi connectivity index (χ1v) is 22.5. The van der Waals surface area contributed by atoms with Crippen LogP contribution in [0.4, 0.5) is 0 Å². The molecule has 0 bridgehead atoms. The molecule has 0 aliphatic heterocycles. The minimum absolute atomic E-state index is 0.